The van der Waals surface area contributed by atoms with Gasteiger partial charge in [0.1, 0.15) is 0 Å². The standard InChI is InChI=1S/C14H21N3O3/c1-14(2,3)16-7-6-12(18)17-11-5-4-10(15-9-11)8-13(19)20/h4-5,9,16H,6-8H2,1-3H3,(H,17,18)(H,19,20). The van der Waals surface area contributed by atoms with Crippen LogP contribution in [0.3, 0.4) is 0 Å². The van der Waals surface area contributed by atoms with Gasteiger partial charge in [0.25, 0.3) is 0 Å². The maximum Gasteiger partial charge on any atom is 0.309 e. The van der Waals surface area contributed by atoms with Crippen LogP contribution in [0.25, 0.3) is 0 Å². The Morgan fingerprint density at radius 3 is 2.50 bits per heavy atom. The van der Waals surface area contributed by atoms with Gasteiger partial charge in [0, 0.05) is 18.5 Å². The predicted molar refractivity (Wildman–Crippen MR) is 76.6 cm³/mol. The molecule has 110 valence electrons. The van der Waals surface area contributed by atoms with Crippen molar-refractivity contribution in [2.75, 3.05) is 11.9 Å². The Kier molecular flexibility index (Phi) is 5.64. The Balaban J connectivity index is 2.40. The maximum atomic E-state index is 11.7. The van der Waals surface area contributed by atoms with Gasteiger partial charge < -0.3 is 15.7 Å². The van der Waals surface area contributed by atoms with E-state index in [9.17, 15) is 9.59 Å². The molecule has 3 N–H and O–H groups in total. The first-order chi connectivity index (χ1) is 9.26. The van der Waals surface area contributed by atoms with Crippen molar-refractivity contribution in [2.24, 2.45) is 0 Å². The van der Waals surface area contributed by atoms with Crippen LogP contribution in [0.5, 0.6) is 0 Å². The molecule has 0 unspecified atom stereocenters. The van der Waals surface area contributed by atoms with Crippen molar-refractivity contribution in [1.29, 1.82) is 0 Å². The maximum absolute atomic E-state index is 11.7. The summed E-state index contributed by atoms with van der Waals surface area (Å²) in [5.41, 5.74) is 1.02. The third kappa shape index (κ3) is 6.84. The Morgan fingerprint density at radius 2 is 2.00 bits per heavy atom. The monoisotopic (exact) mass is 279 g/mol. The van der Waals surface area contributed by atoms with Crippen LogP contribution in [0, 0.1) is 0 Å². The van der Waals surface area contributed by atoms with Crippen LogP contribution in [0.1, 0.15) is 32.9 Å². The van der Waals surface area contributed by atoms with Crippen molar-refractivity contribution in [1.82, 2.24) is 10.3 Å². The van der Waals surface area contributed by atoms with Crippen molar-refractivity contribution in [3.8, 4) is 0 Å². The Bertz CT molecular complexity index is 464. The number of pyridine rings is 1. The third-order valence-corrected chi connectivity index (χ3v) is 2.45. The molecule has 0 fully saturated rings. The van der Waals surface area contributed by atoms with Crippen LogP contribution in [0.2, 0.25) is 0 Å². The molecule has 0 spiro atoms. The summed E-state index contributed by atoms with van der Waals surface area (Å²) in [5, 5.41) is 14.6. The fourth-order valence-corrected chi connectivity index (χ4v) is 1.53. The van der Waals surface area contributed by atoms with Crippen LogP contribution in [-0.4, -0.2) is 34.1 Å². The molecule has 0 aliphatic carbocycles. The Morgan fingerprint density at radius 1 is 1.30 bits per heavy atom. The summed E-state index contributed by atoms with van der Waals surface area (Å²) in [6, 6.07) is 3.25. The smallest absolute Gasteiger partial charge is 0.309 e. The van der Waals surface area contributed by atoms with Crippen molar-refractivity contribution >= 4 is 17.6 Å². The highest BCUT2D eigenvalue weighted by molar-refractivity contribution is 5.90. The number of rotatable bonds is 6. The van der Waals surface area contributed by atoms with Crippen molar-refractivity contribution < 1.29 is 14.7 Å². The number of aromatic nitrogens is 1. The number of carbonyl (C=O) groups excluding carboxylic acids is 1. The predicted octanol–water partition coefficient (Wildman–Crippen LogP) is 1.43. The van der Waals surface area contributed by atoms with E-state index in [1.54, 1.807) is 12.1 Å². The van der Waals surface area contributed by atoms with Gasteiger partial charge in [-0.15, -0.1) is 0 Å². The number of hydrogen-bond donors (Lipinski definition) is 3. The van der Waals surface area contributed by atoms with E-state index in [1.807, 2.05) is 20.8 Å². The Labute approximate surface area is 118 Å². The van der Waals surface area contributed by atoms with Gasteiger partial charge in [-0.2, -0.15) is 0 Å². The molecular weight excluding hydrogens is 258 g/mol. The quantitative estimate of drug-likeness (QED) is 0.732. The van der Waals surface area contributed by atoms with Crippen LogP contribution < -0.4 is 10.6 Å². The van der Waals surface area contributed by atoms with Gasteiger partial charge >= 0.3 is 5.97 Å². The minimum Gasteiger partial charge on any atom is -0.481 e. The average Bonchev–Trinajstić information content (AvgIpc) is 2.29. The lowest BCUT2D eigenvalue weighted by Crippen LogP contribution is -2.37. The molecule has 6 heteroatoms. The second-order valence-corrected chi connectivity index (χ2v) is 5.58. The molecule has 0 aliphatic heterocycles. The van der Waals surface area contributed by atoms with E-state index in [2.05, 4.69) is 15.6 Å². The van der Waals surface area contributed by atoms with Gasteiger partial charge in [0.15, 0.2) is 0 Å². The first kappa shape index (κ1) is 16.1. The van der Waals surface area contributed by atoms with Gasteiger partial charge in [-0.3, -0.25) is 14.6 Å². The lowest BCUT2D eigenvalue weighted by Gasteiger charge is -2.20. The van der Waals surface area contributed by atoms with Gasteiger partial charge in [-0.05, 0) is 32.9 Å². The fraction of sp³-hybridized carbons (Fsp3) is 0.500. The molecule has 6 nitrogen and oxygen atoms in total. The molecule has 1 aromatic rings. The summed E-state index contributed by atoms with van der Waals surface area (Å²) in [6.45, 7) is 6.71. The van der Waals surface area contributed by atoms with Crippen molar-refractivity contribution in [3.05, 3.63) is 24.0 Å². The normalized spacial score (nSPS) is 11.2. The molecule has 1 heterocycles. The molecule has 0 saturated carbocycles. The van der Waals surface area contributed by atoms with Gasteiger partial charge in [-0.25, -0.2) is 0 Å². The zero-order valence-corrected chi connectivity index (χ0v) is 12.1. The van der Waals surface area contributed by atoms with Gasteiger partial charge in [0.2, 0.25) is 5.91 Å². The molecule has 1 aromatic heterocycles. The summed E-state index contributed by atoms with van der Waals surface area (Å²) in [7, 11) is 0. The highest BCUT2D eigenvalue weighted by Crippen LogP contribution is 2.07. The van der Waals surface area contributed by atoms with E-state index in [0.29, 0.717) is 24.3 Å². The second kappa shape index (κ2) is 7.00. The van der Waals surface area contributed by atoms with Crippen LogP contribution in [0.4, 0.5) is 5.69 Å². The van der Waals surface area contributed by atoms with Gasteiger partial charge in [-0.1, -0.05) is 0 Å². The van der Waals surface area contributed by atoms with E-state index in [1.165, 1.54) is 6.20 Å². The molecule has 0 aliphatic rings. The lowest BCUT2D eigenvalue weighted by molar-refractivity contribution is -0.136. The van der Waals surface area contributed by atoms with Gasteiger partial charge in [0.05, 0.1) is 24.0 Å². The zero-order chi connectivity index (χ0) is 15.2. The van der Waals surface area contributed by atoms with E-state index < -0.39 is 5.97 Å². The van der Waals surface area contributed by atoms with Crippen LogP contribution >= 0.6 is 0 Å². The second-order valence-electron chi connectivity index (χ2n) is 5.58. The summed E-state index contributed by atoms with van der Waals surface area (Å²) in [4.78, 5) is 26.2. The van der Waals surface area contributed by atoms with E-state index in [-0.39, 0.29) is 17.9 Å². The molecule has 0 aromatic carbocycles. The molecule has 0 atom stereocenters. The SMILES string of the molecule is CC(C)(C)NCCC(=O)Nc1ccc(CC(=O)O)nc1. The van der Waals surface area contributed by atoms with Crippen LogP contribution in [0.15, 0.2) is 18.3 Å². The molecule has 0 radical (unpaired) electrons. The minimum atomic E-state index is -0.928. The van der Waals surface area contributed by atoms with Crippen LogP contribution in [-0.2, 0) is 16.0 Å². The molecule has 1 rings (SSSR count). The minimum absolute atomic E-state index is 0.0136. The molecule has 20 heavy (non-hydrogen) atoms. The highest BCUT2D eigenvalue weighted by Gasteiger charge is 2.10. The molecule has 1 amide bonds. The van der Waals surface area contributed by atoms with E-state index >= 15 is 0 Å². The number of nitrogens with one attached hydrogen (secondary N) is 2. The number of nitrogens with zero attached hydrogens (tertiary/aromatic N) is 1. The topological polar surface area (TPSA) is 91.3 Å². The Hall–Kier alpha value is -1.95. The number of amides is 1. The zero-order valence-electron chi connectivity index (χ0n) is 12.1. The van der Waals surface area contributed by atoms with E-state index in [0.717, 1.165) is 0 Å². The average molecular weight is 279 g/mol. The first-order valence-electron chi connectivity index (χ1n) is 6.48. The first-order valence-corrected chi connectivity index (χ1v) is 6.48. The number of carboxylic acid groups (broad SMARTS) is 1. The summed E-state index contributed by atoms with van der Waals surface area (Å²) >= 11 is 0. The fourth-order valence-electron chi connectivity index (χ4n) is 1.53. The summed E-state index contributed by atoms with van der Waals surface area (Å²) in [6.07, 6.45) is 1.71. The van der Waals surface area contributed by atoms with Crippen molar-refractivity contribution in [2.45, 2.75) is 39.2 Å². The van der Waals surface area contributed by atoms with Crippen molar-refractivity contribution in [3.63, 3.8) is 0 Å². The largest absolute Gasteiger partial charge is 0.481 e. The molecule has 0 bridgehead atoms. The third-order valence-electron chi connectivity index (χ3n) is 2.45. The number of carboxylic acids is 1. The number of hydrogen-bond acceptors (Lipinski definition) is 4. The number of aliphatic carboxylic acids is 1. The summed E-state index contributed by atoms with van der Waals surface area (Å²) < 4.78 is 0. The summed E-state index contributed by atoms with van der Waals surface area (Å²) in [5.74, 6) is -1.03. The number of carbonyl (C=O) groups is 2. The lowest BCUT2D eigenvalue weighted by atomic mass is 10.1. The molecule has 0 saturated heterocycles. The highest BCUT2D eigenvalue weighted by atomic mass is 16.4. The number of anilines is 1. The molecular formula is C14H21N3O3. The van der Waals surface area contributed by atoms with E-state index in [4.69, 9.17) is 5.11 Å².